The first kappa shape index (κ1) is 15.7. The van der Waals surface area contributed by atoms with E-state index in [2.05, 4.69) is 34.2 Å². The van der Waals surface area contributed by atoms with Crippen molar-refractivity contribution in [3.05, 3.63) is 24.3 Å². The summed E-state index contributed by atoms with van der Waals surface area (Å²) in [6.45, 7) is 3.47. The van der Waals surface area contributed by atoms with Gasteiger partial charge in [0.2, 0.25) is 5.91 Å². The SMILES string of the molecule is CCC1CCCCN1C(=O)CNc1ccc(N(C)C)cc1. The van der Waals surface area contributed by atoms with Crippen LogP contribution in [-0.2, 0) is 4.79 Å². The van der Waals surface area contributed by atoms with Crippen LogP contribution in [0.3, 0.4) is 0 Å². The number of amides is 1. The molecule has 1 atom stereocenters. The van der Waals surface area contributed by atoms with Gasteiger partial charge in [-0.2, -0.15) is 0 Å². The number of hydrogen-bond donors (Lipinski definition) is 1. The normalized spacial score (nSPS) is 18.4. The molecule has 0 saturated carbocycles. The average molecular weight is 289 g/mol. The average Bonchev–Trinajstić information content (AvgIpc) is 2.52. The Morgan fingerprint density at radius 1 is 1.29 bits per heavy atom. The highest BCUT2D eigenvalue weighted by molar-refractivity contribution is 5.81. The molecule has 1 amide bonds. The minimum Gasteiger partial charge on any atom is -0.378 e. The molecule has 1 saturated heterocycles. The maximum Gasteiger partial charge on any atom is 0.242 e. The molecule has 21 heavy (non-hydrogen) atoms. The van der Waals surface area contributed by atoms with E-state index >= 15 is 0 Å². The second-order valence-electron chi connectivity index (χ2n) is 5.94. The van der Waals surface area contributed by atoms with Gasteiger partial charge < -0.3 is 15.1 Å². The number of nitrogens with one attached hydrogen (secondary N) is 1. The summed E-state index contributed by atoms with van der Waals surface area (Å²) in [4.78, 5) is 16.5. The highest BCUT2D eigenvalue weighted by Gasteiger charge is 2.24. The molecule has 1 unspecified atom stereocenters. The van der Waals surface area contributed by atoms with Gasteiger partial charge in [-0.05, 0) is 49.9 Å². The third-order valence-corrected chi connectivity index (χ3v) is 4.25. The molecule has 2 rings (SSSR count). The monoisotopic (exact) mass is 289 g/mol. The molecule has 1 aliphatic rings. The van der Waals surface area contributed by atoms with Crippen LogP contribution in [0.2, 0.25) is 0 Å². The van der Waals surface area contributed by atoms with Gasteiger partial charge in [0, 0.05) is 38.1 Å². The van der Waals surface area contributed by atoms with Crippen LogP contribution >= 0.6 is 0 Å². The van der Waals surface area contributed by atoms with Crippen molar-refractivity contribution >= 4 is 17.3 Å². The molecule has 1 aliphatic heterocycles. The fraction of sp³-hybridized carbons (Fsp3) is 0.588. The van der Waals surface area contributed by atoms with Crippen LogP contribution in [-0.4, -0.2) is 44.0 Å². The molecular formula is C17H27N3O. The number of benzene rings is 1. The van der Waals surface area contributed by atoms with Crippen LogP contribution in [0.4, 0.5) is 11.4 Å². The fourth-order valence-electron chi connectivity index (χ4n) is 2.91. The lowest BCUT2D eigenvalue weighted by Crippen LogP contribution is -2.45. The molecule has 4 nitrogen and oxygen atoms in total. The molecule has 1 fully saturated rings. The van der Waals surface area contributed by atoms with Crippen LogP contribution in [0.1, 0.15) is 32.6 Å². The van der Waals surface area contributed by atoms with Gasteiger partial charge in [0.1, 0.15) is 0 Å². The molecular weight excluding hydrogens is 262 g/mol. The molecule has 116 valence electrons. The third-order valence-electron chi connectivity index (χ3n) is 4.25. The van der Waals surface area contributed by atoms with Crippen molar-refractivity contribution in [1.29, 1.82) is 0 Å². The van der Waals surface area contributed by atoms with Crippen molar-refractivity contribution < 1.29 is 4.79 Å². The molecule has 1 aromatic rings. The topological polar surface area (TPSA) is 35.6 Å². The number of carbonyl (C=O) groups is 1. The van der Waals surface area contributed by atoms with Crippen LogP contribution in [0, 0.1) is 0 Å². The van der Waals surface area contributed by atoms with Gasteiger partial charge in [0.15, 0.2) is 0 Å². The summed E-state index contributed by atoms with van der Waals surface area (Å²) in [6, 6.07) is 8.60. The van der Waals surface area contributed by atoms with Crippen LogP contribution in [0.5, 0.6) is 0 Å². The highest BCUT2D eigenvalue weighted by atomic mass is 16.2. The molecule has 0 bridgehead atoms. The summed E-state index contributed by atoms with van der Waals surface area (Å²) < 4.78 is 0. The summed E-state index contributed by atoms with van der Waals surface area (Å²) in [5, 5.41) is 3.24. The Balaban J connectivity index is 1.88. The van der Waals surface area contributed by atoms with Gasteiger partial charge in [0.05, 0.1) is 6.54 Å². The number of likely N-dealkylation sites (tertiary alicyclic amines) is 1. The van der Waals surface area contributed by atoms with Crippen molar-refractivity contribution in [3.63, 3.8) is 0 Å². The van der Waals surface area contributed by atoms with Gasteiger partial charge in [-0.3, -0.25) is 4.79 Å². The Morgan fingerprint density at radius 3 is 2.62 bits per heavy atom. The van der Waals surface area contributed by atoms with Crippen molar-refractivity contribution in [1.82, 2.24) is 4.90 Å². The number of rotatable bonds is 5. The number of anilines is 2. The standard InChI is InChI=1S/C17H27N3O/c1-4-15-7-5-6-12-20(15)17(21)13-18-14-8-10-16(11-9-14)19(2)3/h8-11,15,18H,4-7,12-13H2,1-3H3. The zero-order valence-electron chi connectivity index (χ0n) is 13.4. The molecule has 0 spiro atoms. The molecule has 0 aliphatic carbocycles. The Bertz CT molecular complexity index is 456. The second-order valence-corrected chi connectivity index (χ2v) is 5.94. The predicted octanol–water partition coefficient (Wildman–Crippen LogP) is 2.96. The molecule has 1 N–H and O–H groups in total. The highest BCUT2D eigenvalue weighted by Crippen LogP contribution is 2.20. The quantitative estimate of drug-likeness (QED) is 0.905. The lowest BCUT2D eigenvalue weighted by atomic mass is 10.00. The fourth-order valence-corrected chi connectivity index (χ4v) is 2.91. The first-order valence-electron chi connectivity index (χ1n) is 7.92. The minimum atomic E-state index is 0.221. The number of piperidine rings is 1. The predicted molar refractivity (Wildman–Crippen MR) is 88.9 cm³/mol. The first-order valence-corrected chi connectivity index (χ1v) is 7.92. The summed E-state index contributed by atoms with van der Waals surface area (Å²) in [6.07, 6.45) is 4.60. The Hall–Kier alpha value is -1.71. The molecule has 1 heterocycles. The van der Waals surface area contributed by atoms with Gasteiger partial charge >= 0.3 is 0 Å². The Kier molecular flexibility index (Phi) is 5.48. The zero-order chi connectivity index (χ0) is 15.2. The van der Waals surface area contributed by atoms with Crippen molar-refractivity contribution in [2.24, 2.45) is 0 Å². The minimum absolute atomic E-state index is 0.221. The lowest BCUT2D eigenvalue weighted by Gasteiger charge is -2.35. The number of hydrogen-bond acceptors (Lipinski definition) is 3. The van der Waals surface area contributed by atoms with E-state index in [4.69, 9.17) is 0 Å². The molecule has 0 radical (unpaired) electrons. The van der Waals surface area contributed by atoms with E-state index in [0.29, 0.717) is 12.6 Å². The first-order chi connectivity index (χ1) is 10.1. The maximum atomic E-state index is 12.4. The number of carbonyl (C=O) groups excluding carboxylic acids is 1. The van der Waals surface area contributed by atoms with Crippen molar-refractivity contribution in [2.75, 3.05) is 37.4 Å². The van der Waals surface area contributed by atoms with Gasteiger partial charge in [-0.1, -0.05) is 6.92 Å². The zero-order valence-corrected chi connectivity index (χ0v) is 13.4. The van der Waals surface area contributed by atoms with Gasteiger partial charge in [-0.15, -0.1) is 0 Å². The molecule has 0 aromatic heterocycles. The Morgan fingerprint density at radius 2 is 2.00 bits per heavy atom. The van der Waals surface area contributed by atoms with E-state index in [-0.39, 0.29) is 5.91 Å². The van der Waals surface area contributed by atoms with E-state index in [1.807, 2.05) is 26.2 Å². The summed E-state index contributed by atoms with van der Waals surface area (Å²) in [7, 11) is 4.04. The summed E-state index contributed by atoms with van der Waals surface area (Å²) in [5.41, 5.74) is 2.16. The largest absolute Gasteiger partial charge is 0.378 e. The van der Waals surface area contributed by atoms with E-state index < -0.39 is 0 Å². The Labute approximate surface area is 128 Å². The van der Waals surface area contributed by atoms with Crippen LogP contribution in [0.25, 0.3) is 0 Å². The lowest BCUT2D eigenvalue weighted by molar-refractivity contribution is -0.133. The van der Waals surface area contributed by atoms with Crippen molar-refractivity contribution in [2.45, 2.75) is 38.6 Å². The van der Waals surface area contributed by atoms with Gasteiger partial charge in [0.25, 0.3) is 0 Å². The number of nitrogens with zero attached hydrogens (tertiary/aromatic N) is 2. The molecule has 1 aromatic carbocycles. The van der Waals surface area contributed by atoms with Crippen LogP contribution in [0.15, 0.2) is 24.3 Å². The van der Waals surface area contributed by atoms with E-state index in [0.717, 1.165) is 37.2 Å². The summed E-state index contributed by atoms with van der Waals surface area (Å²) >= 11 is 0. The van der Waals surface area contributed by atoms with E-state index in [1.165, 1.54) is 6.42 Å². The van der Waals surface area contributed by atoms with E-state index in [1.54, 1.807) is 0 Å². The van der Waals surface area contributed by atoms with Crippen LogP contribution < -0.4 is 10.2 Å². The van der Waals surface area contributed by atoms with E-state index in [9.17, 15) is 4.79 Å². The smallest absolute Gasteiger partial charge is 0.242 e. The third kappa shape index (κ3) is 4.13. The maximum absolute atomic E-state index is 12.4. The second kappa shape index (κ2) is 7.34. The van der Waals surface area contributed by atoms with Crippen molar-refractivity contribution in [3.8, 4) is 0 Å². The summed E-state index contributed by atoms with van der Waals surface area (Å²) in [5.74, 6) is 0.221. The molecule has 4 heteroatoms. The van der Waals surface area contributed by atoms with Gasteiger partial charge in [-0.25, -0.2) is 0 Å².